The molecule has 0 aliphatic rings. The van der Waals surface area contributed by atoms with Crippen LogP contribution in [0, 0.1) is 0 Å². The Balaban J connectivity index is 2.46. The summed E-state index contributed by atoms with van der Waals surface area (Å²) < 4.78 is 1.91. The van der Waals surface area contributed by atoms with E-state index in [4.69, 9.17) is 0 Å². The Kier molecular flexibility index (Phi) is 10.7. The maximum atomic E-state index is 12.0. The van der Waals surface area contributed by atoms with Crippen LogP contribution in [0.15, 0.2) is 23.4 Å². The normalized spacial score (nSPS) is 11.2. The van der Waals surface area contributed by atoms with Crippen molar-refractivity contribution < 1.29 is 0 Å². The van der Waals surface area contributed by atoms with Gasteiger partial charge in [-0.2, -0.15) is 0 Å². The summed E-state index contributed by atoms with van der Waals surface area (Å²) in [5, 5.41) is 0. The lowest BCUT2D eigenvalue weighted by Crippen LogP contribution is -2.24. The number of aromatic nitrogens is 2. The highest BCUT2D eigenvalue weighted by molar-refractivity contribution is 4.85. The van der Waals surface area contributed by atoms with Crippen LogP contribution in [0.1, 0.15) is 96.9 Å². The van der Waals surface area contributed by atoms with Crippen molar-refractivity contribution in [3.8, 4) is 0 Å². The van der Waals surface area contributed by atoms with E-state index in [-0.39, 0.29) is 5.56 Å². The summed E-state index contributed by atoms with van der Waals surface area (Å²) in [7, 11) is 0. The lowest BCUT2D eigenvalue weighted by Gasteiger charge is -2.19. The van der Waals surface area contributed by atoms with Crippen LogP contribution >= 0.6 is 0 Å². The largest absolute Gasteiger partial charge is 0.310 e. The molecule has 1 aromatic heterocycles. The summed E-state index contributed by atoms with van der Waals surface area (Å²) >= 11 is 0. The number of hydrogen-bond acceptors (Lipinski definition) is 2. The second-order valence-electron chi connectivity index (χ2n) is 6.38. The van der Waals surface area contributed by atoms with Gasteiger partial charge in [0.05, 0.1) is 6.20 Å². The van der Waals surface area contributed by atoms with Gasteiger partial charge in [0.15, 0.2) is 0 Å². The third kappa shape index (κ3) is 7.77. The highest BCUT2D eigenvalue weighted by atomic mass is 16.1. The average molecular weight is 306 g/mol. The predicted octanol–water partition coefficient (Wildman–Crippen LogP) is 5.51. The molecule has 1 aromatic rings. The van der Waals surface area contributed by atoms with Gasteiger partial charge in [-0.15, -0.1) is 0 Å². The molecule has 0 atom stereocenters. The molecular formula is C19H34N2O. The fraction of sp³-hybridized carbons (Fsp3) is 0.789. The number of nitrogens with zero attached hydrogens (tertiary/aromatic N) is 2. The van der Waals surface area contributed by atoms with Gasteiger partial charge in [0, 0.05) is 18.4 Å². The molecule has 0 amide bonds. The van der Waals surface area contributed by atoms with Gasteiger partial charge in [0.2, 0.25) is 0 Å². The van der Waals surface area contributed by atoms with E-state index in [0.29, 0.717) is 6.04 Å². The van der Waals surface area contributed by atoms with Crippen molar-refractivity contribution in [3.05, 3.63) is 28.9 Å². The molecule has 0 aliphatic heterocycles. The Morgan fingerprint density at radius 1 is 0.909 bits per heavy atom. The minimum absolute atomic E-state index is 0.0506. The van der Waals surface area contributed by atoms with Gasteiger partial charge in [0.25, 0.3) is 5.56 Å². The monoisotopic (exact) mass is 306 g/mol. The molecule has 3 heteroatoms. The van der Waals surface area contributed by atoms with Crippen LogP contribution in [0.5, 0.6) is 0 Å². The van der Waals surface area contributed by atoms with Crippen molar-refractivity contribution in [1.29, 1.82) is 0 Å². The van der Waals surface area contributed by atoms with Gasteiger partial charge < -0.3 is 4.57 Å². The third-order valence-electron chi connectivity index (χ3n) is 4.43. The van der Waals surface area contributed by atoms with Crippen molar-refractivity contribution in [2.24, 2.45) is 0 Å². The van der Waals surface area contributed by atoms with Crippen LogP contribution in [-0.4, -0.2) is 9.55 Å². The summed E-state index contributed by atoms with van der Waals surface area (Å²) in [4.78, 5) is 16.0. The maximum Gasteiger partial charge on any atom is 0.269 e. The maximum absolute atomic E-state index is 12.0. The molecule has 0 saturated carbocycles. The molecule has 0 unspecified atom stereocenters. The predicted molar refractivity (Wildman–Crippen MR) is 94.3 cm³/mol. The summed E-state index contributed by atoms with van der Waals surface area (Å²) in [5.41, 5.74) is 0.0506. The Morgan fingerprint density at radius 3 is 1.95 bits per heavy atom. The molecule has 0 aromatic carbocycles. The van der Waals surface area contributed by atoms with Crippen molar-refractivity contribution in [1.82, 2.24) is 9.55 Å². The van der Waals surface area contributed by atoms with E-state index in [1.54, 1.807) is 6.20 Å². The lowest BCUT2D eigenvalue weighted by atomic mass is 10.00. The zero-order valence-corrected chi connectivity index (χ0v) is 14.6. The SMILES string of the molecule is CCCCCCCC(CCCCCCC)n1ccncc1=O. The van der Waals surface area contributed by atoms with E-state index in [0.717, 1.165) is 12.8 Å². The first-order valence-corrected chi connectivity index (χ1v) is 9.31. The van der Waals surface area contributed by atoms with Crippen molar-refractivity contribution in [3.63, 3.8) is 0 Å². The minimum atomic E-state index is 0.0506. The van der Waals surface area contributed by atoms with E-state index in [1.165, 1.54) is 70.4 Å². The van der Waals surface area contributed by atoms with Gasteiger partial charge in [-0.05, 0) is 12.8 Å². The average Bonchev–Trinajstić information content (AvgIpc) is 2.53. The molecule has 22 heavy (non-hydrogen) atoms. The van der Waals surface area contributed by atoms with Crippen LogP contribution in [0.2, 0.25) is 0 Å². The highest BCUT2D eigenvalue weighted by Gasteiger charge is 2.11. The van der Waals surface area contributed by atoms with E-state index in [1.807, 2.05) is 10.8 Å². The molecule has 1 rings (SSSR count). The Labute approximate surface area is 136 Å². The number of rotatable bonds is 13. The van der Waals surface area contributed by atoms with Gasteiger partial charge in [-0.3, -0.25) is 9.78 Å². The zero-order valence-electron chi connectivity index (χ0n) is 14.6. The Bertz CT molecular complexity index is 413. The van der Waals surface area contributed by atoms with E-state index >= 15 is 0 Å². The molecule has 0 saturated heterocycles. The van der Waals surface area contributed by atoms with Crippen molar-refractivity contribution in [2.45, 2.75) is 96.9 Å². The lowest BCUT2D eigenvalue weighted by molar-refractivity contribution is 0.385. The third-order valence-corrected chi connectivity index (χ3v) is 4.43. The van der Waals surface area contributed by atoms with Crippen molar-refractivity contribution >= 4 is 0 Å². The highest BCUT2D eigenvalue weighted by Crippen LogP contribution is 2.22. The molecule has 0 spiro atoms. The summed E-state index contributed by atoms with van der Waals surface area (Å²) in [6.45, 7) is 4.49. The zero-order chi connectivity index (χ0) is 16.0. The molecule has 0 radical (unpaired) electrons. The number of unbranched alkanes of at least 4 members (excludes halogenated alkanes) is 8. The van der Waals surface area contributed by atoms with Crippen LogP contribution in [0.3, 0.4) is 0 Å². The van der Waals surface area contributed by atoms with E-state index in [2.05, 4.69) is 18.8 Å². The van der Waals surface area contributed by atoms with Crippen LogP contribution in [0.4, 0.5) is 0 Å². The summed E-state index contributed by atoms with van der Waals surface area (Å²) in [6, 6.07) is 0.360. The Hall–Kier alpha value is -1.12. The van der Waals surface area contributed by atoms with Crippen LogP contribution in [-0.2, 0) is 0 Å². The van der Waals surface area contributed by atoms with Crippen LogP contribution in [0.25, 0.3) is 0 Å². The summed E-state index contributed by atoms with van der Waals surface area (Å²) in [5.74, 6) is 0. The molecule has 0 aliphatic carbocycles. The van der Waals surface area contributed by atoms with Crippen LogP contribution < -0.4 is 5.56 Å². The van der Waals surface area contributed by atoms with Crippen molar-refractivity contribution in [2.75, 3.05) is 0 Å². The summed E-state index contributed by atoms with van der Waals surface area (Å²) in [6.07, 6.45) is 20.2. The molecule has 0 N–H and O–H groups in total. The van der Waals surface area contributed by atoms with Gasteiger partial charge in [-0.1, -0.05) is 78.1 Å². The fourth-order valence-electron chi connectivity index (χ4n) is 3.05. The first kappa shape index (κ1) is 18.9. The topological polar surface area (TPSA) is 34.9 Å². The molecule has 126 valence electrons. The standard InChI is InChI=1S/C19H34N2O/c1-3-5-7-9-11-13-18(14-12-10-8-6-4-2)21-16-15-20-17-19(21)22/h15-18H,3-14H2,1-2H3. The second kappa shape index (κ2) is 12.4. The van der Waals surface area contributed by atoms with Gasteiger partial charge in [0.1, 0.15) is 0 Å². The smallest absolute Gasteiger partial charge is 0.269 e. The molecule has 0 fully saturated rings. The Morgan fingerprint density at radius 2 is 1.45 bits per heavy atom. The molecule has 3 nitrogen and oxygen atoms in total. The first-order chi connectivity index (χ1) is 10.8. The molecule has 0 bridgehead atoms. The molecular weight excluding hydrogens is 272 g/mol. The minimum Gasteiger partial charge on any atom is -0.310 e. The number of hydrogen-bond donors (Lipinski definition) is 0. The van der Waals surface area contributed by atoms with E-state index in [9.17, 15) is 4.79 Å². The second-order valence-corrected chi connectivity index (χ2v) is 6.38. The molecule has 1 heterocycles. The van der Waals surface area contributed by atoms with E-state index < -0.39 is 0 Å². The van der Waals surface area contributed by atoms with Gasteiger partial charge in [-0.25, -0.2) is 0 Å². The van der Waals surface area contributed by atoms with Gasteiger partial charge >= 0.3 is 0 Å². The first-order valence-electron chi connectivity index (χ1n) is 9.31. The quantitative estimate of drug-likeness (QED) is 0.451. The fourth-order valence-corrected chi connectivity index (χ4v) is 3.05.